The van der Waals surface area contributed by atoms with E-state index in [1.807, 2.05) is 0 Å². The second-order valence-corrected chi connectivity index (χ2v) is 6.36. The number of ether oxygens (including phenoxy) is 1. The van der Waals surface area contributed by atoms with Gasteiger partial charge in [-0.2, -0.15) is 0 Å². The maximum atomic E-state index is 12.0. The molecular formula is C17H30O2. The van der Waals surface area contributed by atoms with Crippen LogP contribution in [0.15, 0.2) is 12.2 Å². The molecular weight excluding hydrogens is 236 g/mol. The summed E-state index contributed by atoms with van der Waals surface area (Å²) < 4.78 is 5.90. The van der Waals surface area contributed by atoms with E-state index in [2.05, 4.69) is 20.4 Å². The van der Waals surface area contributed by atoms with Crippen molar-refractivity contribution in [1.82, 2.24) is 0 Å². The molecule has 2 nitrogen and oxygen atoms in total. The van der Waals surface area contributed by atoms with Crippen LogP contribution < -0.4 is 0 Å². The van der Waals surface area contributed by atoms with Gasteiger partial charge in [0.15, 0.2) is 0 Å². The van der Waals surface area contributed by atoms with E-state index in [1.165, 1.54) is 44.9 Å². The molecule has 0 aromatic heterocycles. The van der Waals surface area contributed by atoms with Gasteiger partial charge in [0.05, 0.1) is 0 Å². The van der Waals surface area contributed by atoms with Crippen LogP contribution in [0.4, 0.5) is 0 Å². The van der Waals surface area contributed by atoms with Crippen LogP contribution in [0.3, 0.4) is 0 Å². The number of carbonyl (C=O) groups is 1. The van der Waals surface area contributed by atoms with E-state index in [9.17, 15) is 4.79 Å². The molecule has 0 radical (unpaired) electrons. The molecule has 19 heavy (non-hydrogen) atoms. The Morgan fingerprint density at radius 1 is 1.00 bits per heavy atom. The van der Waals surface area contributed by atoms with Crippen molar-refractivity contribution in [3.8, 4) is 0 Å². The molecule has 1 fully saturated rings. The zero-order valence-corrected chi connectivity index (χ0v) is 13.0. The molecule has 1 aliphatic rings. The first-order valence-electron chi connectivity index (χ1n) is 7.87. The van der Waals surface area contributed by atoms with Gasteiger partial charge in [0.25, 0.3) is 0 Å². The highest BCUT2D eigenvalue weighted by Crippen LogP contribution is 2.35. The van der Waals surface area contributed by atoms with E-state index in [1.54, 1.807) is 6.92 Å². The number of esters is 1. The highest BCUT2D eigenvalue weighted by atomic mass is 16.6. The van der Waals surface area contributed by atoms with Crippen LogP contribution >= 0.6 is 0 Å². The Bertz CT molecular complexity index is 294. The minimum Gasteiger partial charge on any atom is -0.455 e. The van der Waals surface area contributed by atoms with E-state index in [0.29, 0.717) is 11.5 Å². The molecule has 0 aromatic carbocycles. The van der Waals surface area contributed by atoms with Gasteiger partial charge < -0.3 is 4.74 Å². The Hall–Kier alpha value is -0.790. The second kappa shape index (κ2) is 7.72. The summed E-state index contributed by atoms with van der Waals surface area (Å²) in [6, 6.07) is 0. The van der Waals surface area contributed by atoms with E-state index in [-0.39, 0.29) is 11.6 Å². The quantitative estimate of drug-likeness (QED) is 0.529. The smallest absolute Gasteiger partial charge is 0.333 e. The van der Waals surface area contributed by atoms with Crippen LogP contribution in [0.25, 0.3) is 0 Å². The standard InChI is InChI=1S/C17H30O2/c1-14(2)16(18)19-17(15(3)4)12-10-8-6-5-7-9-11-13-17/h15H,1,5-13H2,2-4H3. The molecule has 0 aromatic rings. The molecule has 110 valence electrons. The molecule has 0 unspecified atom stereocenters. The van der Waals surface area contributed by atoms with Gasteiger partial charge in [0.2, 0.25) is 0 Å². The second-order valence-electron chi connectivity index (χ2n) is 6.36. The highest BCUT2D eigenvalue weighted by molar-refractivity contribution is 5.87. The van der Waals surface area contributed by atoms with Crippen LogP contribution in [-0.4, -0.2) is 11.6 Å². The third kappa shape index (κ3) is 5.00. The lowest BCUT2D eigenvalue weighted by Crippen LogP contribution is -2.41. The Morgan fingerprint density at radius 3 is 1.79 bits per heavy atom. The zero-order valence-electron chi connectivity index (χ0n) is 13.0. The van der Waals surface area contributed by atoms with E-state index in [0.717, 1.165) is 12.8 Å². The molecule has 0 bridgehead atoms. The van der Waals surface area contributed by atoms with Crippen LogP contribution in [0.5, 0.6) is 0 Å². The summed E-state index contributed by atoms with van der Waals surface area (Å²) >= 11 is 0. The van der Waals surface area contributed by atoms with E-state index >= 15 is 0 Å². The first-order chi connectivity index (χ1) is 8.98. The molecule has 0 spiro atoms. The largest absolute Gasteiger partial charge is 0.455 e. The fraction of sp³-hybridized carbons (Fsp3) is 0.824. The highest BCUT2D eigenvalue weighted by Gasteiger charge is 2.37. The zero-order chi connectivity index (χ0) is 14.3. The van der Waals surface area contributed by atoms with Gasteiger partial charge in [0.1, 0.15) is 5.60 Å². The molecule has 0 saturated heterocycles. The monoisotopic (exact) mass is 266 g/mol. The first kappa shape index (κ1) is 16.3. The number of hydrogen-bond donors (Lipinski definition) is 0. The van der Waals surface area contributed by atoms with Crippen LogP contribution in [0.1, 0.15) is 78.6 Å². The van der Waals surface area contributed by atoms with Crippen molar-refractivity contribution < 1.29 is 9.53 Å². The van der Waals surface area contributed by atoms with Gasteiger partial charge in [-0.3, -0.25) is 0 Å². The van der Waals surface area contributed by atoms with Crippen molar-refractivity contribution in [3.05, 3.63) is 12.2 Å². The Kier molecular flexibility index (Phi) is 6.60. The van der Waals surface area contributed by atoms with Crippen molar-refractivity contribution in [2.24, 2.45) is 5.92 Å². The molecule has 0 N–H and O–H groups in total. The summed E-state index contributed by atoms with van der Waals surface area (Å²) in [6.45, 7) is 9.80. The molecule has 0 atom stereocenters. The van der Waals surface area contributed by atoms with Crippen molar-refractivity contribution in [2.75, 3.05) is 0 Å². The Labute approximate surface area is 118 Å². The fourth-order valence-corrected chi connectivity index (χ4v) is 2.93. The normalized spacial score (nSPS) is 20.8. The summed E-state index contributed by atoms with van der Waals surface area (Å²) in [5.74, 6) is 0.154. The maximum absolute atomic E-state index is 12.0. The SMILES string of the molecule is C=C(C)C(=O)OC1(C(C)C)CCCCCCCCC1. The summed E-state index contributed by atoms with van der Waals surface area (Å²) in [4.78, 5) is 12.0. The van der Waals surface area contributed by atoms with Gasteiger partial charge in [-0.1, -0.05) is 52.5 Å². The van der Waals surface area contributed by atoms with Crippen LogP contribution in [0, 0.1) is 5.92 Å². The van der Waals surface area contributed by atoms with Crippen molar-refractivity contribution in [2.45, 2.75) is 84.2 Å². The Morgan fingerprint density at radius 2 is 1.42 bits per heavy atom. The maximum Gasteiger partial charge on any atom is 0.333 e. The summed E-state index contributed by atoms with van der Waals surface area (Å²) in [5.41, 5.74) is 0.241. The summed E-state index contributed by atoms with van der Waals surface area (Å²) in [7, 11) is 0. The van der Waals surface area contributed by atoms with Crippen molar-refractivity contribution >= 4 is 5.97 Å². The minimum absolute atomic E-state index is 0.217. The van der Waals surface area contributed by atoms with Gasteiger partial charge >= 0.3 is 5.97 Å². The average Bonchev–Trinajstić information content (AvgIpc) is 2.36. The van der Waals surface area contributed by atoms with Crippen molar-refractivity contribution in [3.63, 3.8) is 0 Å². The average molecular weight is 266 g/mol. The Balaban J connectivity index is 2.78. The lowest BCUT2D eigenvalue weighted by molar-refractivity contribution is -0.162. The molecule has 2 heteroatoms. The van der Waals surface area contributed by atoms with Gasteiger partial charge in [0, 0.05) is 5.57 Å². The predicted octanol–water partition coefficient (Wildman–Crippen LogP) is 5.03. The van der Waals surface area contributed by atoms with E-state index < -0.39 is 0 Å². The number of rotatable bonds is 3. The summed E-state index contributed by atoms with van der Waals surface area (Å²) in [6.07, 6.45) is 10.9. The first-order valence-corrected chi connectivity index (χ1v) is 7.87. The number of carbonyl (C=O) groups excluding carboxylic acids is 1. The molecule has 1 rings (SSSR count). The van der Waals surface area contributed by atoms with Gasteiger partial charge in [-0.15, -0.1) is 0 Å². The third-order valence-electron chi connectivity index (χ3n) is 4.40. The lowest BCUT2D eigenvalue weighted by atomic mass is 9.79. The van der Waals surface area contributed by atoms with E-state index in [4.69, 9.17) is 4.74 Å². The third-order valence-corrected chi connectivity index (χ3v) is 4.40. The minimum atomic E-state index is -0.270. The van der Waals surface area contributed by atoms with Crippen LogP contribution in [-0.2, 0) is 9.53 Å². The molecule has 0 aliphatic heterocycles. The fourth-order valence-electron chi connectivity index (χ4n) is 2.93. The molecule has 1 saturated carbocycles. The molecule has 0 heterocycles. The van der Waals surface area contributed by atoms with Gasteiger partial charge in [-0.05, 0) is 38.5 Å². The molecule has 1 aliphatic carbocycles. The molecule has 0 amide bonds. The summed E-state index contributed by atoms with van der Waals surface area (Å²) in [5, 5.41) is 0. The van der Waals surface area contributed by atoms with Crippen LogP contribution in [0.2, 0.25) is 0 Å². The topological polar surface area (TPSA) is 26.3 Å². The lowest BCUT2D eigenvalue weighted by Gasteiger charge is -2.38. The van der Waals surface area contributed by atoms with Crippen molar-refractivity contribution in [1.29, 1.82) is 0 Å². The van der Waals surface area contributed by atoms with Gasteiger partial charge in [-0.25, -0.2) is 4.79 Å². The number of hydrogen-bond acceptors (Lipinski definition) is 2. The predicted molar refractivity (Wildman–Crippen MR) is 80.0 cm³/mol.